The number of hydrogen-bond acceptors (Lipinski definition) is 2. The molecule has 2 spiro atoms. The van der Waals surface area contributed by atoms with Crippen molar-refractivity contribution in [3.8, 4) is 33.4 Å². The summed E-state index contributed by atoms with van der Waals surface area (Å²) in [5.74, 6) is 0. The molecule has 0 bridgehead atoms. The van der Waals surface area contributed by atoms with E-state index in [-0.39, 0.29) is 5.41 Å². The Labute approximate surface area is 362 Å². The van der Waals surface area contributed by atoms with Gasteiger partial charge in [-0.25, -0.2) is 0 Å². The van der Waals surface area contributed by atoms with E-state index < -0.39 is 13.5 Å². The van der Waals surface area contributed by atoms with Gasteiger partial charge in [0.2, 0.25) is 0 Å². The molecule has 3 heteroatoms. The molecule has 0 fully saturated rings. The van der Waals surface area contributed by atoms with Crippen LogP contribution in [0.5, 0.6) is 0 Å². The van der Waals surface area contributed by atoms with Crippen LogP contribution in [-0.4, -0.2) is 8.07 Å². The maximum Gasteiger partial charge on any atom is 0.182 e. The molecule has 0 saturated heterocycles. The Bertz CT molecular complexity index is 3300. The van der Waals surface area contributed by atoms with E-state index in [4.69, 9.17) is 0 Å². The van der Waals surface area contributed by atoms with Gasteiger partial charge in [-0.05, 0) is 112 Å². The lowest BCUT2D eigenvalue weighted by atomic mass is 9.61. The lowest BCUT2D eigenvalue weighted by molar-refractivity contribution is 0.656. The van der Waals surface area contributed by atoms with Crippen molar-refractivity contribution in [1.82, 2.24) is 0 Å². The van der Waals surface area contributed by atoms with Gasteiger partial charge in [-0.1, -0.05) is 195 Å². The zero-order valence-electron chi connectivity index (χ0n) is 33.9. The van der Waals surface area contributed by atoms with Crippen molar-refractivity contribution in [3.63, 3.8) is 0 Å². The number of para-hydroxylation sites is 1. The zero-order valence-corrected chi connectivity index (χ0v) is 35.7. The van der Waals surface area contributed by atoms with Crippen molar-refractivity contribution in [3.05, 3.63) is 234 Å². The molecule has 286 valence electrons. The third-order valence-electron chi connectivity index (χ3n) is 14.9. The first-order valence-corrected chi connectivity index (χ1v) is 24.3. The van der Waals surface area contributed by atoms with E-state index in [1.54, 1.807) is 0 Å². The number of fused-ring (bicyclic) bond motifs is 22. The summed E-state index contributed by atoms with van der Waals surface area (Å²) in [4.78, 5) is 5.31. The molecular formula is C58H39NSSi. The predicted octanol–water partition coefficient (Wildman–Crippen LogP) is 12.0. The van der Waals surface area contributed by atoms with E-state index >= 15 is 0 Å². The van der Waals surface area contributed by atoms with E-state index in [0.717, 1.165) is 0 Å². The van der Waals surface area contributed by atoms with Gasteiger partial charge < -0.3 is 4.90 Å². The largest absolute Gasteiger partial charge is 0.309 e. The minimum absolute atomic E-state index is 0.164. The summed E-state index contributed by atoms with van der Waals surface area (Å²) in [5, 5.41) is 5.99. The van der Waals surface area contributed by atoms with Crippen LogP contribution in [0.3, 0.4) is 0 Å². The number of nitrogens with zero attached hydrogens (tertiary/aromatic N) is 1. The summed E-state index contributed by atoms with van der Waals surface area (Å²) in [6.45, 7) is 4.83. The molecule has 5 aliphatic rings. The van der Waals surface area contributed by atoms with Crippen molar-refractivity contribution in [2.24, 2.45) is 0 Å². The monoisotopic (exact) mass is 809 g/mol. The van der Waals surface area contributed by atoms with Crippen LogP contribution in [0, 0.1) is 0 Å². The van der Waals surface area contributed by atoms with Gasteiger partial charge in [0.25, 0.3) is 0 Å². The summed E-state index contributed by atoms with van der Waals surface area (Å²) in [6.07, 6.45) is 0. The lowest BCUT2D eigenvalue weighted by Gasteiger charge is -2.49. The van der Waals surface area contributed by atoms with Gasteiger partial charge in [-0.2, -0.15) is 0 Å². The van der Waals surface area contributed by atoms with E-state index in [1.807, 2.05) is 11.8 Å². The van der Waals surface area contributed by atoms with Gasteiger partial charge in [0.15, 0.2) is 8.07 Å². The standard InChI is InChI=1S/C58H39NSSi/c1-57(2)42-21-7-3-20-41(42)55-46(57)33-34-47-56(55)59(48-25-11-8-22-43(48)58(47)44-23-9-12-26-49(44)60-50-27-13-10-24-45(50)58)36-31-32-40-39-19-6-16-30-53(39)61(54(40)35-36)51-28-14-4-17-37(51)38-18-5-15-29-52(38)61/h3-35H,1-2H3. The molecule has 0 unspecified atom stereocenters. The Balaban J connectivity index is 1.13. The first-order valence-electron chi connectivity index (χ1n) is 21.5. The van der Waals surface area contributed by atoms with E-state index in [0.29, 0.717) is 0 Å². The third kappa shape index (κ3) is 3.96. The molecule has 4 aliphatic heterocycles. The summed E-state index contributed by atoms with van der Waals surface area (Å²) in [5.41, 5.74) is 19.4. The Morgan fingerprint density at radius 3 is 1.49 bits per heavy atom. The van der Waals surface area contributed by atoms with E-state index in [2.05, 4.69) is 219 Å². The summed E-state index contributed by atoms with van der Waals surface area (Å²) < 4.78 is 0. The molecular weight excluding hydrogens is 771 g/mol. The molecule has 0 amide bonds. The van der Waals surface area contributed by atoms with Crippen molar-refractivity contribution < 1.29 is 0 Å². The van der Waals surface area contributed by atoms with Gasteiger partial charge in [0.05, 0.1) is 16.8 Å². The van der Waals surface area contributed by atoms with Gasteiger partial charge >= 0.3 is 0 Å². The molecule has 9 aromatic rings. The van der Waals surface area contributed by atoms with Crippen LogP contribution in [0.15, 0.2) is 210 Å². The Kier molecular flexibility index (Phi) is 6.59. The zero-order chi connectivity index (χ0) is 40.2. The van der Waals surface area contributed by atoms with Crippen LogP contribution < -0.4 is 25.6 Å². The van der Waals surface area contributed by atoms with Gasteiger partial charge in [0, 0.05) is 26.5 Å². The fourth-order valence-corrected chi connectivity index (χ4v) is 19.5. The summed E-state index contributed by atoms with van der Waals surface area (Å²) >= 11 is 1.91. The van der Waals surface area contributed by atoms with Crippen molar-refractivity contribution >= 4 is 57.6 Å². The van der Waals surface area contributed by atoms with E-state index in [9.17, 15) is 0 Å². The topological polar surface area (TPSA) is 3.24 Å². The highest BCUT2D eigenvalue weighted by Gasteiger charge is 2.56. The summed E-state index contributed by atoms with van der Waals surface area (Å²) in [7, 11) is -2.69. The average Bonchev–Trinajstić information content (AvgIpc) is 3.87. The van der Waals surface area contributed by atoms with Gasteiger partial charge in [-0.15, -0.1) is 0 Å². The first-order chi connectivity index (χ1) is 30.0. The molecule has 1 aliphatic carbocycles. The summed E-state index contributed by atoms with van der Waals surface area (Å²) in [6, 6.07) is 77.3. The normalized spacial score (nSPS) is 16.3. The van der Waals surface area contributed by atoms with Gasteiger partial charge in [0.1, 0.15) is 0 Å². The quantitative estimate of drug-likeness (QED) is 0.152. The molecule has 0 N–H and O–H groups in total. The Morgan fingerprint density at radius 2 is 0.869 bits per heavy atom. The van der Waals surface area contributed by atoms with Crippen LogP contribution in [-0.2, 0) is 10.8 Å². The molecule has 9 aromatic carbocycles. The highest BCUT2D eigenvalue weighted by atomic mass is 32.2. The molecule has 4 heterocycles. The maximum absolute atomic E-state index is 2.69. The Morgan fingerprint density at radius 1 is 0.393 bits per heavy atom. The molecule has 0 saturated carbocycles. The number of benzene rings is 9. The third-order valence-corrected chi connectivity index (χ3v) is 21.0. The fourth-order valence-electron chi connectivity index (χ4n) is 12.6. The molecule has 1 nitrogen and oxygen atoms in total. The minimum atomic E-state index is -2.69. The SMILES string of the molecule is CC1(C)c2ccccc2-c2c1ccc1c2N(c2ccc3c(c2)[Si]2(c4ccccc4-c4ccccc42)c2ccccc2-3)c2ccccc2C12c1ccccc1Sc1ccccc12. The second-order valence-electron chi connectivity index (χ2n) is 17.9. The fraction of sp³-hybridized carbons (Fsp3) is 0.0690. The molecule has 0 atom stereocenters. The second-order valence-corrected chi connectivity index (χ2v) is 22.6. The molecule has 0 aromatic heterocycles. The smallest absolute Gasteiger partial charge is 0.182 e. The molecule has 14 rings (SSSR count). The molecule has 0 radical (unpaired) electrons. The average molecular weight is 810 g/mol. The lowest BCUT2D eigenvalue weighted by Crippen LogP contribution is -2.70. The van der Waals surface area contributed by atoms with Crippen molar-refractivity contribution in [2.45, 2.75) is 34.5 Å². The maximum atomic E-state index is 2.68. The number of rotatable bonds is 1. The van der Waals surface area contributed by atoms with Crippen LogP contribution in [0.2, 0.25) is 0 Å². The first kappa shape index (κ1) is 34.1. The van der Waals surface area contributed by atoms with Crippen LogP contribution in [0.4, 0.5) is 17.1 Å². The highest BCUT2D eigenvalue weighted by Crippen LogP contribution is 2.66. The molecule has 61 heavy (non-hydrogen) atoms. The Hall–Kier alpha value is -6.65. The van der Waals surface area contributed by atoms with Crippen molar-refractivity contribution in [2.75, 3.05) is 4.90 Å². The van der Waals surface area contributed by atoms with E-state index in [1.165, 1.54) is 114 Å². The second kappa shape index (κ2) is 11.8. The number of hydrogen-bond donors (Lipinski definition) is 0. The van der Waals surface area contributed by atoms with Crippen LogP contribution in [0.1, 0.15) is 47.2 Å². The number of anilines is 3. The van der Waals surface area contributed by atoms with Gasteiger partial charge in [-0.3, -0.25) is 0 Å². The predicted molar refractivity (Wildman–Crippen MR) is 256 cm³/mol. The van der Waals surface area contributed by atoms with Crippen molar-refractivity contribution in [1.29, 1.82) is 0 Å². The van der Waals surface area contributed by atoms with Crippen LogP contribution in [0.25, 0.3) is 33.4 Å². The highest BCUT2D eigenvalue weighted by molar-refractivity contribution is 7.99. The minimum Gasteiger partial charge on any atom is -0.309 e. The van der Waals surface area contributed by atoms with Crippen LogP contribution >= 0.6 is 11.8 Å².